The number of piperidine rings is 1. The first-order valence-electron chi connectivity index (χ1n) is 7.74. The van der Waals surface area contributed by atoms with Gasteiger partial charge in [-0.2, -0.15) is 0 Å². The molecule has 4 nitrogen and oxygen atoms in total. The lowest BCUT2D eigenvalue weighted by molar-refractivity contribution is -0.146. The lowest BCUT2D eigenvalue weighted by atomic mass is 9.95. The average molecular weight is 307 g/mol. The van der Waals surface area contributed by atoms with Gasteiger partial charge in [-0.25, -0.2) is 4.39 Å². The molecule has 0 aliphatic carbocycles. The molecule has 22 heavy (non-hydrogen) atoms. The van der Waals surface area contributed by atoms with Gasteiger partial charge < -0.3 is 10.0 Å². The van der Waals surface area contributed by atoms with Crippen molar-refractivity contribution in [1.29, 1.82) is 0 Å². The van der Waals surface area contributed by atoms with Crippen LogP contribution in [-0.4, -0.2) is 35.0 Å². The standard InChI is InChI=1S/C17H22FNO3/c1-12(8-9-13-5-2-3-7-15(13)18)16(20)19-10-4-6-14(11-19)17(21)22/h2-3,5,7,12,14H,4,6,8-11H2,1H3,(H,21,22)/t12-,14+/m0/s1. The van der Waals surface area contributed by atoms with Crippen LogP contribution in [-0.2, 0) is 16.0 Å². The highest BCUT2D eigenvalue weighted by Gasteiger charge is 2.30. The minimum atomic E-state index is -0.837. The van der Waals surface area contributed by atoms with Crippen LogP contribution in [0.3, 0.4) is 0 Å². The molecule has 1 saturated heterocycles. The summed E-state index contributed by atoms with van der Waals surface area (Å²) in [5, 5.41) is 9.08. The monoisotopic (exact) mass is 307 g/mol. The molecule has 1 aliphatic rings. The Balaban J connectivity index is 1.89. The number of amides is 1. The van der Waals surface area contributed by atoms with E-state index in [0.717, 1.165) is 6.42 Å². The van der Waals surface area contributed by atoms with Gasteiger partial charge in [0.1, 0.15) is 5.82 Å². The normalized spacial score (nSPS) is 19.7. The van der Waals surface area contributed by atoms with Crippen molar-refractivity contribution < 1.29 is 19.1 Å². The number of carboxylic acid groups (broad SMARTS) is 1. The molecule has 0 spiro atoms. The number of aryl methyl sites for hydroxylation is 1. The van der Waals surface area contributed by atoms with Crippen LogP contribution in [0.4, 0.5) is 4.39 Å². The largest absolute Gasteiger partial charge is 0.481 e. The SMILES string of the molecule is C[C@@H](CCc1ccccc1F)C(=O)N1CCC[C@@H](C(=O)O)C1. The Hall–Kier alpha value is -1.91. The molecular formula is C17H22FNO3. The van der Waals surface area contributed by atoms with Crippen molar-refractivity contribution in [2.45, 2.75) is 32.6 Å². The summed E-state index contributed by atoms with van der Waals surface area (Å²) >= 11 is 0. The molecule has 0 radical (unpaired) electrons. The number of hydrogen-bond donors (Lipinski definition) is 1. The second-order valence-electron chi connectivity index (χ2n) is 5.99. The van der Waals surface area contributed by atoms with E-state index in [4.69, 9.17) is 5.11 Å². The van der Waals surface area contributed by atoms with Crippen molar-refractivity contribution >= 4 is 11.9 Å². The number of likely N-dealkylation sites (tertiary alicyclic amines) is 1. The predicted octanol–water partition coefficient (Wildman–Crippen LogP) is 2.72. The van der Waals surface area contributed by atoms with E-state index in [-0.39, 0.29) is 24.2 Å². The number of benzene rings is 1. The number of rotatable bonds is 5. The Morgan fingerprint density at radius 2 is 2.14 bits per heavy atom. The maximum Gasteiger partial charge on any atom is 0.308 e. The molecule has 2 rings (SSSR count). The number of carbonyl (C=O) groups excluding carboxylic acids is 1. The fraction of sp³-hybridized carbons (Fsp3) is 0.529. The van der Waals surface area contributed by atoms with Crippen LogP contribution in [0.25, 0.3) is 0 Å². The number of halogens is 1. The maximum atomic E-state index is 13.6. The Morgan fingerprint density at radius 1 is 1.41 bits per heavy atom. The number of carbonyl (C=O) groups is 2. The minimum absolute atomic E-state index is 0.0257. The fourth-order valence-corrected chi connectivity index (χ4v) is 2.89. The summed E-state index contributed by atoms with van der Waals surface area (Å²) in [6, 6.07) is 6.58. The summed E-state index contributed by atoms with van der Waals surface area (Å²) < 4.78 is 13.6. The molecule has 120 valence electrons. The fourth-order valence-electron chi connectivity index (χ4n) is 2.89. The molecule has 1 fully saturated rings. The number of nitrogens with zero attached hydrogens (tertiary/aromatic N) is 1. The first-order chi connectivity index (χ1) is 10.5. The van der Waals surface area contributed by atoms with Crippen LogP contribution in [0.2, 0.25) is 0 Å². The van der Waals surface area contributed by atoms with E-state index in [2.05, 4.69) is 0 Å². The molecule has 0 saturated carbocycles. The quantitative estimate of drug-likeness (QED) is 0.910. The third-order valence-corrected chi connectivity index (χ3v) is 4.31. The summed E-state index contributed by atoms with van der Waals surface area (Å²) in [5.41, 5.74) is 0.615. The molecule has 1 heterocycles. The van der Waals surface area contributed by atoms with Gasteiger partial charge >= 0.3 is 5.97 Å². The van der Waals surface area contributed by atoms with Crippen molar-refractivity contribution in [2.24, 2.45) is 11.8 Å². The van der Waals surface area contributed by atoms with Crippen LogP contribution in [0.5, 0.6) is 0 Å². The van der Waals surface area contributed by atoms with Gasteiger partial charge in [0.05, 0.1) is 5.92 Å². The van der Waals surface area contributed by atoms with E-state index in [1.165, 1.54) is 6.07 Å². The zero-order valence-electron chi connectivity index (χ0n) is 12.8. The van der Waals surface area contributed by atoms with Gasteiger partial charge in [-0.05, 0) is 37.3 Å². The molecule has 0 unspecified atom stereocenters. The Labute approximate surface area is 129 Å². The third kappa shape index (κ3) is 4.06. The van der Waals surface area contributed by atoms with Gasteiger partial charge in [-0.3, -0.25) is 9.59 Å². The molecule has 1 aliphatic heterocycles. The molecule has 1 aromatic carbocycles. The number of aliphatic carboxylic acids is 1. The van der Waals surface area contributed by atoms with Crippen LogP contribution in [0, 0.1) is 17.7 Å². The first-order valence-corrected chi connectivity index (χ1v) is 7.74. The molecule has 1 aromatic rings. The van der Waals surface area contributed by atoms with Crippen molar-refractivity contribution in [3.8, 4) is 0 Å². The molecule has 5 heteroatoms. The topological polar surface area (TPSA) is 57.6 Å². The zero-order chi connectivity index (χ0) is 16.1. The van der Waals surface area contributed by atoms with Gasteiger partial charge in [-0.15, -0.1) is 0 Å². The maximum absolute atomic E-state index is 13.6. The lowest BCUT2D eigenvalue weighted by Crippen LogP contribution is -2.44. The summed E-state index contributed by atoms with van der Waals surface area (Å²) in [6.07, 6.45) is 2.43. The second kappa shape index (κ2) is 7.38. The second-order valence-corrected chi connectivity index (χ2v) is 5.99. The highest BCUT2D eigenvalue weighted by atomic mass is 19.1. The van der Waals surface area contributed by atoms with E-state index in [0.29, 0.717) is 31.4 Å². The van der Waals surface area contributed by atoms with Crippen molar-refractivity contribution in [3.05, 3.63) is 35.6 Å². The predicted molar refractivity (Wildman–Crippen MR) is 80.8 cm³/mol. The minimum Gasteiger partial charge on any atom is -0.481 e. The summed E-state index contributed by atoms with van der Waals surface area (Å²) in [5.74, 6) is -1.80. The summed E-state index contributed by atoms with van der Waals surface area (Å²) in [7, 11) is 0. The van der Waals surface area contributed by atoms with Gasteiger partial charge in [0, 0.05) is 19.0 Å². The molecule has 1 N–H and O–H groups in total. The summed E-state index contributed by atoms with van der Waals surface area (Å²) in [4.78, 5) is 25.1. The van der Waals surface area contributed by atoms with E-state index in [1.54, 1.807) is 23.1 Å². The molecular weight excluding hydrogens is 285 g/mol. The highest BCUT2D eigenvalue weighted by molar-refractivity contribution is 5.79. The Morgan fingerprint density at radius 3 is 2.82 bits per heavy atom. The van der Waals surface area contributed by atoms with E-state index < -0.39 is 11.9 Å². The van der Waals surface area contributed by atoms with Crippen LogP contribution in [0.15, 0.2) is 24.3 Å². The number of hydrogen-bond acceptors (Lipinski definition) is 2. The lowest BCUT2D eigenvalue weighted by Gasteiger charge is -2.32. The first kappa shape index (κ1) is 16.5. The third-order valence-electron chi connectivity index (χ3n) is 4.31. The van der Waals surface area contributed by atoms with Crippen molar-refractivity contribution in [3.63, 3.8) is 0 Å². The Kier molecular flexibility index (Phi) is 5.52. The molecule has 0 aromatic heterocycles. The summed E-state index contributed by atoms with van der Waals surface area (Å²) in [6.45, 7) is 2.73. The Bertz CT molecular complexity index is 546. The van der Waals surface area contributed by atoms with Crippen LogP contribution in [0.1, 0.15) is 31.7 Å². The van der Waals surface area contributed by atoms with Gasteiger partial charge in [0.15, 0.2) is 0 Å². The smallest absolute Gasteiger partial charge is 0.308 e. The zero-order valence-corrected chi connectivity index (χ0v) is 12.8. The van der Waals surface area contributed by atoms with E-state index >= 15 is 0 Å². The average Bonchev–Trinajstić information content (AvgIpc) is 2.53. The van der Waals surface area contributed by atoms with Crippen LogP contribution < -0.4 is 0 Å². The van der Waals surface area contributed by atoms with Crippen LogP contribution >= 0.6 is 0 Å². The number of carboxylic acids is 1. The van der Waals surface area contributed by atoms with E-state index in [9.17, 15) is 14.0 Å². The van der Waals surface area contributed by atoms with Gasteiger partial charge in [0.2, 0.25) is 5.91 Å². The van der Waals surface area contributed by atoms with Crippen molar-refractivity contribution in [1.82, 2.24) is 4.90 Å². The molecule has 0 bridgehead atoms. The molecule has 2 atom stereocenters. The van der Waals surface area contributed by atoms with Gasteiger partial charge in [-0.1, -0.05) is 25.1 Å². The molecule has 1 amide bonds. The highest BCUT2D eigenvalue weighted by Crippen LogP contribution is 2.21. The van der Waals surface area contributed by atoms with Gasteiger partial charge in [0.25, 0.3) is 0 Å². The van der Waals surface area contributed by atoms with Crippen molar-refractivity contribution in [2.75, 3.05) is 13.1 Å². The van der Waals surface area contributed by atoms with E-state index in [1.807, 2.05) is 6.92 Å².